The molecular formula is C15H25N3O2S. The molecule has 2 unspecified atom stereocenters. The monoisotopic (exact) mass is 311 g/mol. The van der Waals surface area contributed by atoms with Crippen LogP contribution in [0.4, 0.5) is 5.69 Å². The largest absolute Gasteiger partial charge is 0.367 e. The summed E-state index contributed by atoms with van der Waals surface area (Å²) in [6.07, 6.45) is 1.78. The van der Waals surface area contributed by atoms with Crippen LogP contribution in [0.2, 0.25) is 0 Å². The molecule has 6 heteroatoms. The molecule has 1 aromatic carbocycles. The molecule has 2 atom stereocenters. The number of hydrogen-bond donors (Lipinski definition) is 2. The first-order chi connectivity index (χ1) is 9.99. The lowest BCUT2D eigenvalue weighted by Crippen LogP contribution is -2.31. The predicted octanol–water partition coefficient (Wildman–Crippen LogP) is 1.55. The van der Waals surface area contributed by atoms with Crippen LogP contribution in [0.1, 0.15) is 26.7 Å². The van der Waals surface area contributed by atoms with E-state index in [2.05, 4.69) is 16.5 Å². The molecule has 0 bridgehead atoms. The maximum Gasteiger partial charge on any atom is 0.242 e. The minimum atomic E-state index is -3.46. The van der Waals surface area contributed by atoms with Gasteiger partial charge in [0.25, 0.3) is 0 Å². The van der Waals surface area contributed by atoms with E-state index in [-0.39, 0.29) is 0 Å². The normalized spacial score (nSPS) is 22.7. The van der Waals surface area contributed by atoms with Gasteiger partial charge in [0.05, 0.1) is 5.69 Å². The summed E-state index contributed by atoms with van der Waals surface area (Å²) in [4.78, 5) is 2.53. The van der Waals surface area contributed by atoms with Crippen molar-refractivity contribution in [1.82, 2.24) is 4.72 Å². The van der Waals surface area contributed by atoms with Crippen molar-refractivity contribution < 1.29 is 8.42 Å². The van der Waals surface area contributed by atoms with Crippen LogP contribution < -0.4 is 15.4 Å². The molecule has 1 aliphatic rings. The molecule has 0 amide bonds. The molecule has 1 saturated heterocycles. The third-order valence-corrected chi connectivity index (χ3v) is 5.51. The molecule has 0 spiro atoms. The fourth-order valence-corrected chi connectivity index (χ4v) is 4.23. The van der Waals surface area contributed by atoms with Gasteiger partial charge in [0, 0.05) is 19.1 Å². The molecule has 5 nitrogen and oxygen atoms in total. The average Bonchev–Trinajstić information content (AvgIpc) is 2.86. The van der Waals surface area contributed by atoms with Gasteiger partial charge in [-0.15, -0.1) is 0 Å². The molecule has 0 aliphatic carbocycles. The van der Waals surface area contributed by atoms with Crippen LogP contribution >= 0.6 is 0 Å². The number of rotatable bonds is 6. The minimum absolute atomic E-state index is 0.307. The van der Waals surface area contributed by atoms with Crippen LogP contribution in [0.25, 0.3) is 0 Å². The number of para-hydroxylation sites is 1. The van der Waals surface area contributed by atoms with Gasteiger partial charge < -0.3 is 10.6 Å². The fraction of sp³-hybridized carbons (Fsp3) is 0.600. The van der Waals surface area contributed by atoms with Gasteiger partial charge in [0.2, 0.25) is 10.0 Å². The molecule has 118 valence electrons. The summed E-state index contributed by atoms with van der Waals surface area (Å²) in [6, 6.07) is 7.52. The molecule has 1 aromatic rings. The summed E-state index contributed by atoms with van der Waals surface area (Å²) in [6.45, 7) is 5.99. The highest BCUT2D eigenvalue weighted by atomic mass is 32.2. The quantitative estimate of drug-likeness (QED) is 0.836. The molecule has 3 N–H and O–H groups in total. The predicted molar refractivity (Wildman–Crippen MR) is 85.9 cm³/mol. The van der Waals surface area contributed by atoms with Crippen molar-refractivity contribution in [2.24, 2.45) is 11.7 Å². The molecule has 1 heterocycles. The molecule has 2 rings (SSSR count). The Labute approximate surface area is 127 Å². The van der Waals surface area contributed by atoms with Gasteiger partial charge in [0.1, 0.15) is 4.90 Å². The first-order valence-corrected chi connectivity index (χ1v) is 9.03. The van der Waals surface area contributed by atoms with Crippen molar-refractivity contribution in [3.05, 3.63) is 24.3 Å². The number of hydrogen-bond acceptors (Lipinski definition) is 4. The van der Waals surface area contributed by atoms with Crippen LogP contribution in [0, 0.1) is 5.92 Å². The molecule has 0 saturated carbocycles. The molecule has 1 aliphatic heterocycles. The van der Waals surface area contributed by atoms with E-state index in [1.165, 1.54) is 0 Å². The van der Waals surface area contributed by atoms with E-state index >= 15 is 0 Å². The number of nitrogens with two attached hydrogens (primary N) is 1. The lowest BCUT2D eigenvalue weighted by molar-refractivity contribution is 0.579. The third-order valence-electron chi connectivity index (χ3n) is 4.00. The molecule has 1 fully saturated rings. The first kappa shape index (κ1) is 16.3. The summed E-state index contributed by atoms with van der Waals surface area (Å²) in [7, 11) is -3.46. The number of anilines is 1. The van der Waals surface area contributed by atoms with E-state index in [4.69, 9.17) is 5.73 Å². The zero-order valence-corrected chi connectivity index (χ0v) is 13.6. The van der Waals surface area contributed by atoms with E-state index in [1.54, 1.807) is 12.1 Å². The van der Waals surface area contributed by atoms with E-state index in [9.17, 15) is 8.42 Å². The highest BCUT2D eigenvalue weighted by molar-refractivity contribution is 7.89. The second-order valence-electron chi connectivity index (χ2n) is 5.70. The van der Waals surface area contributed by atoms with E-state index < -0.39 is 10.0 Å². The number of benzene rings is 1. The molecule has 0 radical (unpaired) electrons. The topological polar surface area (TPSA) is 75.4 Å². The fourth-order valence-electron chi connectivity index (χ4n) is 2.88. The summed E-state index contributed by atoms with van der Waals surface area (Å²) < 4.78 is 27.6. The lowest BCUT2D eigenvalue weighted by Gasteiger charge is -2.26. The molecular weight excluding hydrogens is 286 g/mol. The summed E-state index contributed by atoms with van der Waals surface area (Å²) in [5.41, 5.74) is 6.55. The van der Waals surface area contributed by atoms with Gasteiger partial charge in [-0.25, -0.2) is 13.1 Å². The Bertz CT molecular complexity index is 574. The highest BCUT2D eigenvalue weighted by Crippen LogP contribution is 2.33. The molecule has 0 aromatic heterocycles. The van der Waals surface area contributed by atoms with Crippen LogP contribution in [-0.2, 0) is 10.0 Å². The number of nitrogens with one attached hydrogen (secondary N) is 1. The lowest BCUT2D eigenvalue weighted by atomic mass is 10.1. The minimum Gasteiger partial charge on any atom is -0.367 e. The van der Waals surface area contributed by atoms with Gasteiger partial charge in [-0.3, -0.25) is 0 Å². The zero-order chi connectivity index (χ0) is 15.5. The first-order valence-electron chi connectivity index (χ1n) is 7.55. The van der Waals surface area contributed by atoms with Gasteiger partial charge >= 0.3 is 0 Å². The Morgan fingerprint density at radius 2 is 2.10 bits per heavy atom. The van der Waals surface area contributed by atoms with Gasteiger partial charge in [0.15, 0.2) is 0 Å². The van der Waals surface area contributed by atoms with Crippen LogP contribution in [-0.4, -0.2) is 34.1 Å². The van der Waals surface area contributed by atoms with Crippen LogP contribution in [0.3, 0.4) is 0 Å². The summed E-state index contributed by atoms with van der Waals surface area (Å²) >= 11 is 0. The maximum absolute atomic E-state index is 12.5. The second-order valence-corrected chi connectivity index (χ2v) is 7.44. The Morgan fingerprint density at radius 3 is 2.71 bits per heavy atom. The van der Waals surface area contributed by atoms with Crippen LogP contribution in [0.15, 0.2) is 29.2 Å². The third kappa shape index (κ3) is 3.56. The zero-order valence-electron chi connectivity index (χ0n) is 12.7. The second kappa shape index (κ2) is 6.77. The Kier molecular flexibility index (Phi) is 5.24. The van der Waals surface area contributed by atoms with E-state index in [0.29, 0.717) is 29.9 Å². The van der Waals surface area contributed by atoms with E-state index in [1.807, 2.05) is 19.1 Å². The standard InChI is InChI=1S/C15H25N3O2S/c1-3-8-17-21(19,20)15-7-5-4-6-14(15)18-11-13(10-16)9-12(18)2/h4-7,12-13,17H,3,8-11,16H2,1-2H3. The summed E-state index contributed by atoms with van der Waals surface area (Å²) in [5, 5.41) is 0. The smallest absolute Gasteiger partial charge is 0.242 e. The van der Waals surface area contributed by atoms with Gasteiger partial charge in [-0.1, -0.05) is 19.1 Å². The van der Waals surface area contributed by atoms with E-state index in [0.717, 1.165) is 25.1 Å². The van der Waals surface area contributed by atoms with Crippen molar-refractivity contribution >= 4 is 15.7 Å². The van der Waals surface area contributed by atoms with Gasteiger partial charge in [-0.2, -0.15) is 0 Å². The van der Waals surface area contributed by atoms with Crippen molar-refractivity contribution in [1.29, 1.82) is 0 Å². The Morgan fingerprint density at radius 1 is 1.38 bits per heavy atom. The highest BCUT2D eigenvalue weighted by Gasteiger charge is 2.31. The van der Waals surface area contributed by atoms with Crippen molar-refractivity contribution in [2.45, 2.75) is 37.6 Å². The Hall–Kier alpha value is -1.11. The number of sulfonamides is 1. The van der Waals surface area contributed by atoms with Crippen molar-refractivity contribution in [3.63, 3.8) is 0 Å². The maximum atomic E-state index is 12.5. The SMILES string of the molecule is CCCNS(=O)(=O)c1ccccc1N1CC(CN)CC1C. The molecule has 21 heavy (non-hydrogen) atoms. The van der Waals surface area contributed by atoms with Crippen LogP contribution in [0.5, 0.6) is 0 Å². The number of nitrogens with zero attached hydrogens (tertiary/aromatic N) is 1. The van der Waals surface area contributed by atoms with Gasteiger partial charge in [-0.05, 0) is 44.4 Å². The Balaban J connectivity index is 2.33. The van der Waals surface area contributed by atoms with Crippen molar-refractivity contribution in [2.75, 3.05) is 24.5 Å². The average molecular weight is 311 g/mol. The summed E-state index contributed by atoms with van der Waals surface area (Å²) in [5.74, 6) is 0.430. The van der Waals surface area contributed by atoms with Crippen molar-refractivity contribution in [3.8, 4) is 0 Å².